The van der Waals surface area contributed by atoms with Crippen LogP contribution in [0.4, 0.5) is 4.79 Å². The van der Waals surface area contributed by atoms with Gasteiger partial charge in [-0.05, 0) is 63.8 Å². The number of aromatic nitrogens is 1. The lowest BCUT2D eigenvalue weighted by Crippen LogP contribution is -2.47. The van der Waals surface area contributed by atoms with Crippen molar-refractivity contribution < 1.29 is 13.7 Å². The number of nitrogens with two attached hydrogens (primary N) is 1. The highest BCUT2D eigenvalue weighted by Gasteiger charge is 2.39. The van der Waals surface area contributed by atoms with Crippen molar-refractivity contribution in [2.45, 2.75) is 71.4 Å². The summed E-state index contributed by atoms with van der Waals surface area (Å²) >= 11 is 1.59. The number of ether oxygens (including phenoxy) is 1. The minimum atomic E-state index is -1.26. The van der Waals surface area contributed by atoms with Gasteiger partial charge in [0, 0.05) is 18.1 Å². The molecule has 7 nitrogen and oxygen atoms in total. The first-order chi connectivity index (χ1) is 14.9. The third kappa shape index (κ3) is 4.93. The van der Waals surface area contributed by atoms with Crippen molar-refractivity contribution in [2.24, 2.45) is 10.7 Å². The Balaban J connectivity index is 2.12. The summed E-state index contributed by atoms with van der Waals surface area (Å²) in [4.78, 5) is 19.6. The second kappa shape index (κ2) is 9.02. The monoisotopic (exact) mass is 478 g/mol. The summed E-state index contributed by atoms with van der Waals surface area (Å²) in [6.07, 6.45) is 3.38. The molecule has 0 amide bonds. The largest absolute Gasteiger partial charge is 0.443 e. The Morgan fingerprint density at radius 1 is 1.44 bits per heavy atom. The maximum absolute atomic E-state index is 12.8. The molecule has 3 unspecified atom stereocenters. The van der Waals surface area contributed by atoms with E-state index in [9.17, 15) is 9.00 Å². The van der Waals surface area contributed by atoms with Crippen LogP contribution in [-0.2, 0) is 21.3 Å². The number of hydrogen-bond donors (Lipinski definition) is 1. The molecular weight excluding hydrogens is 444 g/mol. The lowest BCUT2D eigenvalue weighted by Gasteiger charge is -2.34. The van der Waals surface area contributed by atoms with Crippen LogP contribution >= 0.6 is 11.3 Å². The highest BCUT2D eigenvalue weighted by atomic mass is 32.2. The average molecular weight is 479 g/mol. The van der Waals surface area contributed by atoms with Crippen LogP contribution in [0.15, 0.2) is 29.4 Å². The van der Waals surface area contributed by atoms with E-state index in [-0.39, 0.29) is 5.96 Å². The lowest BCUT2D eigenvalue weighted by molar-refractivity contribution is 0.0540. The molecule has 3 atom stereocenters. The lowest BCUT2D eigenvalue weighted by atomic mass is 9.90. The second-order valence-electron chi connectivity index (χ2n) is 9.54. The molecule has 0 aliphatic carbocycles. The summed E-state index contributed by atoms with van der Waals surface area (Å²) in [5.74, 6) is 0.938. The Kier molecular flexibility index (Phi) is 6.91. The molecule has 0 saturated heterocycles. The summed E-state index contributed by atoms with van der Waals surface area (Å²) in [6.45, 7) is 11.9. The van der Waals surface area contributed by atoms with Crippen LogP contribution in [0.1, 0.15) is 70.7 Å². The first-order valence-corrected chi connectivity index (χ1v) is 13.0. The van der Waals surface area contributed by atoms with Gasteiger partial charge < -0.3 is 10.5 Å². The maximum atomic E-state index is 12.8. The van der Waals surface area contributed by atoms with Crippen molar-refractivity contribution in [2.75, 3.05) is 12.8 Å². The first kappa shape index (κ1) is 24.5. The van der Waals surface area contributed by atoms with Gasteiger partial charge in [0.25, 0.3) is 0 Å². The van der Waals surface area contributed by atoms with Crippen LogP contribution in [0.25, 0.3) is 10.6 Å². The van der Waals surface area contributed by atoms with Gasteiger partial charge in [-0.3, -0.25) is 8.87 Å². The van der Waals surface area contributed by atoms with Crippen LogP contribution in [0, 0.1) is 0 Å². The zero-order chi connectivity index (χ0) is 23.8. The summed E-state index contributed by atoms with van der Waals surface area (Å²) < 4.78 is 21.4. The normalized spacial score (nSPS) is 22.5. The van der Waals surface area contributed by atoms with E-state index < -0.39 is 28.2 Å². The molecule has 2 N–H and O–H groups in total. The Hall–Kier alpha value is -2.13. The topological polar surface area (TPSA) is 89.9 Å². The van der Waals surface area contributed by atoms with Crippen molar-refractivity contribution >= 4 is 34.4 Å². The Morgan fingerprint density at radius 3 is 2.72 bits per heavy atom. The number of carbonyl (C=O) groups is 1. The van der Waals surface area contributed by atoms with Crippen molar-refractivity contribution in [3.63, 3.8) is 0 Å². The van der Waals surface area contributed by atoms with Gasteiger partial charge in [-0.1, -0.05) is 20.3 Å². The number of hydrogen-bond acceptors (Lipinski definition) is 6. The minimum absolute atomic E-state index is 0.276. The minimum Gasteiger partial charge on any atom is -0.443 e. The smallest absolute Gasteiger partial charge is 0.419 e. The van der Waals surface area contributed by atoms with E-state index in [0.29, 0.717) is 11.7 Å². The summed E-state index contributed by atoms with van der Waals surface area (Å²) in [7, 11) is 0.441. The number of aliphatic imine (C=N–C) groups is 1. The third-order valence-corrected chi connectivity index (χ3v) is 8.52. The van der Waals surface area contributed by atoms with Crippen LogP contribution in [-0.4, -0.2) is 43.5 Å². The molecule has 3 heterocycles. The van der Waals surface area contributed by atoms with Gasteiger partial charge in [0.15, 0.2) is 0 Å². The van der Waals surface area contributed by atoms with Crippen molar-refractivity contribution in [3.8, 4) is 10.6 Å². The highest BCUT2D eigenvalue weighted by Crippen LogP contribution is 2.45. The first-order valence-electron chi connectivity index (χ1n) is 10.9. The van der Waals surface area contributed by atoms with Gasteiger partial charge in [-0.15, -0.1) is 11.3 Å². The fraction of sp³-hybridized carbons (Fsp3) is 0.565. The standard InChI is InChI=1S/C23H34N4O3S2/c1-8-10-15(2)16-13-18(17-11-9-12-27(17)21(28)30-22(3,4)5)31-19(16)23(6)14-32(29)26(7)20(24)25-23/h9,11-13,15H,8,10,14H2,1-7H3,(H2,24,25). The number of guanidine groups is 1. The van der Waals surface area contributed by atoms with Gasteiger partial charge in [-0.2, -0.15) is 0 Å². The molecule has 0 fully saturated rings. The predicted octanol–water partition coefficient (Wildman–Crippen LogP) is 5.04. The fourth-order valence-electron chi connectivity index (χ4n) is 3.87. The van der Waals surface area contributed by atoms with Crippen LogP contribution in [0.3, 0.4) is 0 Å². The van der Waals surface area contributed by atoms with Gasteiger partial charge in [0.2, 0.25) is 5.96 Å². The molecular formula is C23H34N4O3S2. The molecule has 0 spiro atoms. The molecule has 32 heavy (non-hydrogen) atoms. The number of thiophene rings is 1. The van der Waals surface area contributed by atoms with Gasteiger partial charge in [-0.25, -0.2) is 14.0 Å². The zero-order valence-electron chi connectivity index (χ0n) is 20.0. The van der Waals surface area contributed by atoms with Crippen molar-refractivity contribution in [1.29, 1.82) is 0 Å². The zero-order valence-corrected chi connectivity index (χ0v) is 21.6. The Labute approximate surface area is 197 Å². The van der Waals surface area contributed by atoms with Crippen LogP contribution in [0.5, 0.6) is 0 Å². The summed E-state index contributed by atoms with van der Waals surface area (Å²) in [5, 5.41) is 0. The Morgan fingerprint density at radius 2 is 2.12 bits per heavy atom. The molecule has 0 saturated carbocycles. The van der Waals surface area contributed by atoms with Crippen molar-refractivity contribution in [3.05, 3.63) is 34.8 Å². The van der Waals surface area contributed by atoms with E-state index in [2.05, 4.69) is 19.9 Å². The fourth-order valence-corrected chi connectivity index (χ4v) is 6.49. The average Bonchev–Trinajstić information content (AvgIpc) is 3.32. The van der Waals surface area contributed by atoms with Crippen molar-refractivity contribution in [1.82, 2.24) is 8.87 Å². The quantitative estimate of drug-likeness (QED) is 0.652. The second-order valence-corrected chi connectivity index (χ2v) is 12.1. The highest BCUT2D eigenvalue weighted by molar-refractivity contribution is 7.83. The van der Waals surface area contributed by atoms with E-state index in [1.165, 1.54) is 9.87 Å². The third-order valence-electron chi connectivity index (χ3n) is 5.49. The molecule has 2 aromatic heterocycles. The number of nitrogens with zero attached hydrogens (tertiary/aromatic N) is 3. The molecule has 9 heteroatoms. The number of carbonyl (C=O) groups excluding carboxylic acids is 1. The molecule has 1 aliphatic rings. The van der Waals surface area contributed by atoms with Crippen LogP contribution < -0.4 is 5.73 Å². The summed E-state index contributed by atoms with van der Waals surface area (Å²) in [5.41, 5.74) is 6.78. The van der Waals surface area contributed by atoms with E-state index in [1.54, 1.807) is 29.1 Å². The van der Waals surface area contributed by atoms with E-state index in [0.717, 1.165) is 28.3 Å². The predicted molar refractivity (Wildman–Crippen MR) is 132 cm³/mol. The van der Waals surface area contributed by atoms with E-state index in [4.69, 9.17) is 15.5 Å². The van der Waals surface area contributed by atoms with E-state index >= 15 is 0 Å². The molecule has 3 rings (SSSR count). The maximum Gasteiger partial charge on any atom is 0.419 e. The summed E-state index contributed by atoms with van der Waals surface area (Å²) in [6, 6.07) is 5.91. The Bertz CT molecular complexity index is 1050. The molecule has 0 radical (unpaired) electrons. The van der Waals surface area contributed by atoms with Gasteiger partial charge >= 0.3 is 6.09 Å². The molecule has 2 aromatic rings. The van der Waals surface area contributed by atoms with Gasteiger partial charge in [0.05, 0.1) is 16.3 Å². The van der Waals surface area contributed by atoms with E-state index in [1.807, 2.05) is 39.8 Å². The molecule has 0 bridgehead atoms. The molecule has 176 valence electrons. The molecule has 0 aromatic carbocycles. The number of rotatable bonds is 5. The molecule has 1 aliphatic heterocycles. The van der Waals surface area contributed by atoms with Crippen LogP contribution in [0.2, 0.25) is 0 Å². The van der Waals surface area contributed by atoms with Gasteiger partial charge in [0.1, 0.15) is 22.1 Å². The SMILES string of the molecule is CCCC(C)c1cc(-c2cccn2C(=O)OC(C)(C)C)sc1C1(C)CS(=O)N(C)C(N)=N1.